The van der Waals surface area contributed by atoms with Crippen molar-refractivity contribution in [2.45, 2.75) is 6.42 Å². The fourth-order valence-corrected chi connectivity index (χ4v) is 2.89. The van der Waals surface area contributed by atoms with E-state index in [0.29, 0.717) is 28.1 Å². The third kappa shape index (κ3) is 2.41. The van der Waals surface area contributed by atoms with Crippen molar-refractivity contribution in [3.8, 4) is 5.75 Å². The van der Waals surface area contributed by atoms with Crippen molar-refractivity contribution in [2.75, 3.05) is 20.8 Å². The van der Waals surface area contributed by atoms with E-state index in [-0.39, 0.29) is 23.5 Å². The van der Waals surface area contributed by atoms with Crippen molar-refractivity contribution < 1.29 is 23.8 Å². The fraction of sp³-hybridized carbons (Fsp3) is 0.222. The number of fused-ring (bicyclic) bond motifs is 3. The van der Waals surface area contributed by atoms with Crippen LogP contribution in [0, 0.1) is 0 Å². The first-order valence-corrected chi connectivity index (χ1v) is 7.37. The van der Waals surface area contributed by atoms with E-state index in [4.69, 9.17) is 13.9 Å². The summed E-state index contributed by atoms with van der Waals surface area (Å²) in [7, 11) is 2.67. The fourth-order valence-electron chi connectivity index (χ4n) is 2.89. The van der Waals surface area contributed by atoms with Gasteiger partial charge in [-0.15, -0.1) is 0 Å². The van der Waals surface area contributed by atoms with E-state index < -0.39 is 11.6 Å². The molecule has 0 saturated heterocycles. The van der Waals surface area contributed by atoms with E-state index >= 15 is 0 Å². The molecule has 6 heteroatoms. The van der Waals surface area contributed by atoms with Gasteiger partial charge in [-0.05, 0) is 24.1 Å². The Bertz CT molecular complexity index is 986. The van der Waals surface area contributed by atoms with Crippen LogP contribution in [0.25, 0.3) is 21.7 Å². The molecule has 0 spiro atoms. The molecule has 0 amide bonds. The van der Waals surface area contributed by atoms with Crippen LogP contribution in [0.2, 0.25) is 0 Å². The Morgan fingerprint density at radius 1 is 1.17 bits per heavy atom. The van der Waals surface area contributed by atoms with Gasteiger partial charge in [0.25, 0.3) is 0 Å². The molecule has 1 aromatic heterocycles. The van der Waals surface area contributed by atoms with Crippen LogP contribution in [-0.4, -0.2) is 31.9 Å². The Balaban J connectivity index is 2.49. The van der Waals surface area contributed by atoms with Crippen LogP contribution in [0.1, 0.15) is 15.9 Å². The number of carbonyl (C=O) groups excluding carboxylic acids is 1. The minimum Gasteiger partial charge on any atom is -0.496 e. The van der Waals surface area contributed by atoms with E-state index in [1.165, 1.54) is 14.2 Å². The highest BCUT2D eigenvalue weighted by atomic mass is 16.5. The van der Waals surface area contributed by atoms with Gasteiger partial charge in [-0.1, -0.05) is 18.2 Å². The summed E-state index contributed by atoms with van der Waals surface area (Å²) in [6.07, 6.45) is 0.341. The highest BCUT2D eigenvalue weighted by molar-refractivity contribution is 6.13. The second-order valence-corrected chi connectivity index (χ2v) is 5.21. The maximum atomic E-state index is 12.5. The number of carbonyl (C=O) groups is 1. The monoisotopic (exact) mass is 328 g/mol. The second kappa shape index (κ2) is 6.33. The molecule has 1 N–H and O–H groups in total. The van der Waals surface area contributed by atoms with Gasteiger partial charge in [0.2, 0.25) is 0 Å². The number of benzene rings is 2. The highest BCUT2D eigenvalue weighted by Gasteiger charge is 2.22. The molecule has 24 heavy (non-hydrogen) atoms. The smallest absolute Gasteiger partial charge is 0.345 e. The van der Waals surface area contributed by atoms with Gasteiger partial charge < -0.3 is 19.0 Å². The molecule has 0 bridgehead atoms. The maximum absolute atomic E-state index is 12.5. The summed E-state index contributed by atoms with van der Waals surface area (Å²) in [6.45, 7) is -0.0768. The van der Waals surface area contributed by atoms with E-state index in [0.717, 1.165) is 0 Å². The lowest BCUT2D eigenvalue weighted by Crippen LogP contribution is -2.09. The zero-order chi connectivity index (χ0) is 17.3. The summed E-state index contributed by atoms with van der Waals surface area (Å²) < 4.78 is 15.4. The zero-order valence-corrected chi connectivity index (χ0v) is 13.3. The van der Waals surface area contributed by atoms with E-state index in [1.807, 2.05) is 0 Å². The number of esters is 1. The Hall–Kier alpha value is -2.86. The van der Waals surface area contributed by atoms with Crippen LogP contribution in [0.15, 0.2) is 39.5 Å². The van der Waals surface area contributed by atoms with Crippen LogP contribution < -0.4 is 10.4 Å². The molecular weight excluding hydrogens is 312 g/mol. The summed E-state index contributed by atoms with van der Waals surface area (Å²) in [6, 6.07) is 8.71. The Labute approximate surface area is 137 Å². The third-order valence-electron chi connectivity index (χ3n) is 3.95. The maximum Gasteiger partial charge on any atom is 0.345 e. The van der Waals surface area contributed by atoms with Gasteiger partial charge in [0.15, 0.2) is 5.58 Å². The molecule has 6 nitrogen and oxygen atoms in total. The molecule has 0 aliphatic rings. The number of rotatable bonds is 4. The van der Waals surface area contributed by atoms with E-state index in [2.05, 4.69) is 0 Å². The molecule has 0 fully saturated rings. The summed E-state index contributed by atoms with van der Waals surface area (Å²) >= 11 is 0. The standard InChI is InChI=1S/C18H16O6/c1-22-13-7-6-12-11-5-3-4-10(8-9-19)14(11)18(21)24-16(12)15(13)17(20)23-2/h3-7,19H,8-9H2,1-2H3. The van der Waals surface area contributed by atoms with Crippen LogP contribution in [0.5, 0.6) is 5.75 Å². The van der Waals surface area contributed by atoms with Crippen molar-refractivity contribution in [3.63, 3.8) is 0 Å². The average Bonchev–Trinajstić information content (AvgIpc) is 2.60. The Morgan fingerprint density at radius 2 is 1.96 bits per heavy atom. The first kappa shape index (κ1) is 16.0. The third-order valence-corrected chi connectivity index (χ3v) is 3.95. The first-order chi connectivity index (χ1) is 11.6. The topological polar surface area (TPSA) is 86.0 Å². The zero-order valence-electron chi connectivity index (χ0n) is 13.3. The van der Waals surface area contributed by atoms with Crippen LogP contribution >= 0.6 is 0 Å². The van der Waals surface area contributed by atoms with Gasteiger partial charge in [-0.3, -0.25) is 0 Å². The largest absolute Gasteiger partial charge is 0.496 e. The average molecular weight is 328 g/mol. The van der Waals surface area contributed by atoms with Crippen molar-refractivity contribution >= 4 is 27.7 Å². The Kier molecular flexibility index (Phi) is 4.22. The van der Waals surface area contributed by atoms with Crippen molar-refractivity contribution in [3.05, 3.63) is 51.9 Å². The van der Waals surface area contributed by atoms with Gasteiger partial charge in [0, 0.05) is 17.4 Å². The normalized spacial score (nSPS) is 11.0. The van der Waals surface area contributed by atoms with Crippen LogP contribution in [0.3, 0.4) is 0 Å². The van der Waals surface area contributed by atoms with E-state index in [9.17, 15) is 14.7 Å². The highest BCUT2D eigenvalue weighted by Crippen LogP contribution is 2.32. The lowest BCUT2D eigenvalue weighted by molar-refractivity contribution is 0.0598. The van der Waals surface area contributed by atoms with Crippen molar-refractivity contribution in [1.82, 2.24) is 0 Å². The van der Waals surface area contributed by atoms with E-state index in [1.54, 1.807) is 30.3 Å². The molecule has 0 unspecified atom stereocenters. The van der Waals surface area contributed by atoms with Crippen LogP contribution in [-0.2, 0) is 11.2 Å². The molecule has 0 aliphatic heterocycles. The SMILES string of the molecule is COC(=O)c1c(OC)ccc2c1oc(=O)c1c(CCO)cccc12. The number of hydrogen-bond donors (Lipinski definition) is 1. The summed E-state index contributed by atoms with van der Waals surface area (Å²) in [4.78, 5) is 24.6. The first-order valence-electron chi connectivity index (χ1n) is 7.37. The summed E-state index contributed by atoms with van der Waals surface area (Å²) in [5.74, 6) is -0.380. The predicted molar refractivity (Wildman–Crippen MR) is 88.7 cm³/mol. The van der Waals surface area contributed by atoms with Gasteiger partial charge in [-0.2, -0.15) is 0 Å². The second-order valence-electron chi connectivity index (χ2n) is 5.21. The molecule has 1 heterocycles. The lowest BCUT2D eigenvalue weighted by atomic mass is 9.99. The molecule has 0 saturated carbocycles. The van der Waals surface area contributed by atoms with Crippen molar-refractivity contribution in [1.29, 1.82) is 0 Å². The Morgan fingerprint density at radius 3 is 2.62 bits per heavy atom. The summed E-state index contributed by atoms with van der Waals surface area (Å²) in [5, 5.41) is 10.8. The minimum absolute atomic E-state index is 0.0732. The molecular formula is C18H16O6. The quantitative estimate of drug-likeness (QED) is 0.449. The molecule has 3 aromatic rings. The molecule has 0 aliphatic carbocycles. The van der Waals surface area contributed by atoms with Crippen LogP contribution in [0.4, 0.5) is 0 Å². The van der Waals surface area contributed by atoms with Gasteiger partial charge >= 0.3 is 11.6 Å². The molecule has 0 radical (unpaired) electrons. The molecule has 124 valence electrons. The minimum atomic E-state index is -0.647. The lowest BCUT2D eigenvalue weighted by Gasteiger charge is -2.11. The van der Waals surface area contributed by atoms with Crippen molar-refractivity contribution in [2.24, 2.45) is 0 Å². The number of aliphatic hydroxyl groups is 1. The number of hydrogen-bond acceptors (Lipinski definition) is 6. The number of aliphatic hydroxyl groups excluding tert-OH is 1. The van der Waals surface area contributed by atoms with Gasteiger partial charge in [0.1, 0.15) is 11.3 Å². The predicted octanol–water partition coefficient (Wildman–Crippen LogP) is 2.28. The summed E-state index contributed by atoms with van der Waals surface area (Å²) in [5.41, 5.74) is 0.324. The molecule has 3 rings (SSSR count). The number of methoxy groups -OCH3 is 2. The number of ether oxygens (including phenoxy) is 2. The van der Waals surface area contributed by atoms with Gasteiger partial charge in [-0.25, -0.2) is 9.59 Å². The molecule has 2 aromatic carbocycles. The molecule has 0 atom stereocenters. The van der Waals surface area contributed by atoms with Gasteiger partial charge in [0.05, 0.1) is 19.6 Å².